The highest BCUT2D eigenvalue weighted by Gasteiger charge is 2.17. The Morgan fingerprint density at radius 1 is 1.00 bits per heavy atom. The molecular formula is C22H32. The van der Waals surface area contributed by atoms with Crippen LogP contribution >= 0.6 is 0 Å². The molecule has 0 aliphatic heterocycles. The van der Waals surface area contributed by atoms with E-state index in [1.54, 1.807) is 5.57 Å². The Hall–Kier alpha value is -1.30. The molecule has 1 aromatic carbocycles. The van der Waals surface area contributed by atoms with Gasteiger partial charge in [0.1, 0.15) is 0 Å². The third-order valence-corrected chi connectivity index (χ3v) is 4.88. The van der Waals surface area contributed by atoms with E-state index < -0.39 is 0 Å². The van der Waals surface area contributed by atoms with Gasteiger partial charge in [0.15, 0.2) is 0 Å². The average Bonchev–Trinajstić information content (AvgIpc) is 2.98. The van der Waals surface area contributed by atoms with Crippen molar-refractivity contribution in [2.45, 2.75) is 60.3 Å². The van der Waals surface area contributed by atoms with Gasteiger partial charge in [-0.2, -0.15) is 0 Å². The lowest BCUT2D eigenvalue weighted by molar-refractivity contribution is 0.407. The fourth-order valence-electron chi connectivity index (χ4n) is 3.25. The Morgan fingerprint density at radius 2 is 1.64 bits per heavy atom. The van der Waals surface area contributed by atoms with Gasteiger partial charge in [-0.1, -0.05) is 82.7 Å². The van der Waals surface area contributed by atoms with Gasteiger partial charge in [0.05, 0.1) is 0 Å². The lowest BCUT2D eigenvalue weighted by Gasteiger charge is -2.21. The van der Waals surface area contributed by atoms with Crippen LogP contribution in [0.5, 0.6) is 0 Å². The first-order valence-corrected chi connectivity index (χ1v) is 8.78. The van der Waals surface area contributed by atoms with Gasteiger partial charge in [0.2, 0.25) is 0 Å². The van der Waals surface area contributed by atoms with Crippen LogP contribution in [-0.4, -0.2) is 0 Å². The second-order valence-electron chi connectivity index (χ2n) is 8.23. The predicted octanol–water partition coefficient (Wildman–Crippen LogP) is 6.37. The first kappa shape index (κ1) is 17.1. The van der Waals surface area contributed by atoms with Crippen LogP contribution < -0.4 is 0 Å². The molecule has 0 aromatic heterocycles. The summed E-state index contributed by atoms with van der Waals surface area (Å²) in [6.45, 7) is 11.7. The zero-order valence-electron chi connectivity index (χ0n) is 15.0. The molecule has 1 aliphatic carbocycles. The number of hydrogen-bond acceptors (Lipinski definition) is 0. The van der Waals surface area contributed by atoms with E-state index in [0.29, 0.717) is 11.3 Å². The summed E-state index contributed by atoms with van der Waals surface area (Å²) in [5.74, 6) is 1.45. The van der Waals surface area contributed by atoms with Crippen LogP contribution in [0.25, 0.3) is 0 Å². The first-order chi connectivity index (χ1) is 10.3. The fourth-order valence-corrected chi connectivity index (χ4v) is 3.25. The second kappa shape index (κ2) is 7.31. The van der Waals surface area contributed by atoms with Gasteiger partial charge < -0.3 is 0 Å². The molecule has 0 bridgehead atoms. The molecule has 2 atom stereocenters. The normalized spacial score (nSPS) is 17.4. The highest BCUT2D eigenvalue weighted by molar-refractivity contribution is 5.26. The summed E-state index contributed by atoms with van der Waals surface area (Å²) in [5, 5.41) is 0. The summed E-state index contributed by atoms with van der Waals surface area (Å²) in [7, 11) is 0. The molecule has 0 nitrogen and oxygen atoms in total. The SMILES string of the molecule is CC(CCc1ccc(CC(C)(C)C)cc1)C(C)C1=CC=CC1. The topological polar surface area (TPSA) is 0 Å². The summed E-state index contributed by atoms with van der Waals surface area (Å²) in [4.78, 5) is 0. The van der Waals surface area contributed by atoms with Crippen molar-refractivity contribution in [2.24, 2.45) is 17.3 Å². The summed E-state index contributed by atoms with van der Waals surface area (Å²) >= 11 is 0. The molecule has 120 valence electrons. The monoisotopic (exact) mass is 296 g/mol. The Kier molecular flexibility index (Phi) is 5.67. The van der Waals surface area contributed by atoms with Crippen molar-refractivity contribution in [3.05, 3.63) is 59.2 Å². The van der Waals surface area contributed by atoms with E-state index >= 15 is 0 Å². The molecule has 0 fully saturated rings. The van der Waals surface area contributed by atoms with E-state index in [1.165, 1.54) is 24.0 Å². The third kappa shape index (κ3) is 5.16. The maximum absolute atomic E-state index is 2.40. The zero-order chi connectivity index (χ0) is 16.2. The van der Waals surface area contributed by atoms with Crippen LogP contribution in [0.4, 0.5) is 0 Å². The van der Waals surface area contributed by atoms with E-state index in [9.17, 15) is 0 Å². The minimum absolute atomic E-state index is 0.370. The number of aryl methyl sites for hydroxylation is 1. The number of benzene rings is 1. The highest BCUT2D eigenvalue weighted by Crippen LogP contribution is 2.29. The van der Waals surface area contributed by atoms with E-state index in [2.05, 4.69) is 77.1 Å². The molecule has 0 saturated carbocycles. The molecule has 2 rings (SSSR count). The van der Waals surface area contributed by atoms with Crippen LogP contribution in [0.15, 0.2) is 48.1 Å². The van der Waals surface area contributed by atoms with Gasteiger partial charge in [-0.05, 0) is 54.1 Å². The Balaban J connectivity index is 1.83. The van der Waals surface area contributed by atoms with Crippen LogP contribution in [0.1, 0.15) is 58.6 Å². The quantitative estimate of drug-likeness (QED) is 0.572. The van der Waals surface area contributed by atoms with Gasteiger partial charge in [0, 0.05) is 0 Å². The van der Waals surface area contributed by atoms with Crippen LogP contribution in [0.2, 0.25) is 0 Å². The molecule has 0 heterocycles. The van der Waals surface area contributed by atoms with Crippen molar-refractivity contribution in [1.29, 1.82) is 0 Å². The largest absolute Gasteiger partial charge is 0.0805 e. The molecule has 0 saturated heterocycles. The summed E-state index contributed by atoms with van der Waals surface area (Å²) in [6.07, 6.45) is 11.6. The Labute approximate surface area is 137 Å². The lowest BCUT2D eigenvalue weighted by Crippen LogP contribution is -2.11. The summed E-state index contributed by atoms with van der Waals surface area (Å²) in [5.41, 5.74) is 4.91. The molecule has 0 N–H and O–H groups in total. The highest BCUT2D eigenvalue weighted by atomic mass is 14.2. The van der Waals surface area contributed by atoms with E-state index in [-0.39, 0.29) is 0 Å². The van der Waals surface area contributed by atoms with Crippen molar-refractivity contribution in [2.75, 3.05) is 0 Å². The average molecular weight is 296 g/mol. The standard InChI is InChI=1S/C22H32/c1-17(18(2)21-8-6-7-9-21)10-11-19-12-14-20(15-13-19)16-22(3,4)5/h6-8,12-15,17-18H,9-11,16H2,1-5H3. The smallest absolute Gasteiger partial charge is 0.0130 e. The number of hydrogen-bond donors (Lipinski definition) is 0. The van der Waals surface area contributed by atoms with Crippen LogP contribution in [-0.2, 0) is 12.8 Å². The van der Waals surface area contributed by atoms with Crippen molar-refractivity contribution >= 4 is 0 Å². The van der Waals surface area contributed by atoms with Crippen LogP contribution in [0, 0.1) is 17.3 Å². The first-order valence-electron chi connectivity index (χ1n) is 8.78. The van der Waals surface area contributed by atoms with Crippen molar-refractivity contribution in [1.82, 2.24) is 0 Å². The maximum atomic E-state index is 2.40. The minimum Gasteiger partial charge on any atom is -0.0805 e. The van der Waals surface area contributed by atoms with E-state index in [1.807, 2.05) is 0 Å². The zero-order valence-corrected chi connectivity index (χ0v) is 15.0. The van der Waals surface area contributed by atoms with Gasteiger partial charge in [-0.25, -0.2) is 0 Å². The lowest BCUT2D eigenvalue weighted by atomic mass is 9.84. The third-order valence-electron chi connectivity index (χ3n) is 4.88. The fraction of sp³-hybridized carbons (Fsp3) is 0.545. The second-order valence-corrected chi connectivity index (χ2v) is 8.23. The molecule has 1 aromatic rings. The number of rotatable bonds is 6. The van der Waals surface area contributed by atoms with Gasteiger partial charge in [0.25, 0.3) is 0 Å². The van der Waals surface area contributed by atoms with Gasteiger partial charge in [-0.15, -0.1) is 0 Å². The molecule has 0 spiro atoms. The molecule has 0 amide bonds. The molecular weight excluding hydrogens is 264 g/mol. The molecule has 22 heavy (non-hydrogen) atoms. The van der Waals surface area contributed by atoms with Crippen molar-refractivity contribution in [3.8, 4) is 0 Å². The Bertz CT molecular complexity index is 522. The van der Waals surface area contributed by atoms with Crippen molar-refractivity contribution in [3.63, 3.8) is 0 Å². The van der Waals surface area contributed by atoms with Crippen LogP contribution in [0.3, 0.4) is 0 Å². The van der Waals surface area contributed by atoms with Gasteiger partial charge >= 0.3 is 0 Å². The van der Waals surface area contributed by atoms with Gasteiger partial charge in [-0.3, -0.25) is 0 Å². The maximum Gasteiger partial charge on any atom is -0.0130 e. The van der Waals surface area contributed by atoms with Crippen molar-refractivity contribution < 1.29 is 0 Å². The number of allylic oxidation sites excluding steroid dienone is 4. The molecule has 0 radical (unpaired) electrons. The summed E-state index contributed by atoms with van der Waals surface area (Å²) in [6, 6.07) is 9.29. The Morgan fingerprint density at radius 3 is 2.18 bits per heavy atom. The predicted molar refractivity (Wildman–Crippen MR) is 98.1 cm³/mol. The van der Waals surface area contributed by atoms with E-state index in [0.717, 1.165) is 18.8 Å². The molecule has 1 aliphatic rings. The summed E-state index contributed by atoms with van der Waals surface area (Å²) < 4.78 is 0. The molecule has 2 unspecified atom stereocenters. The minimum atomic E-state index is 0.370. The van der Waals surface area contributed by atoms with E-state index in [4.69, 9.17) is 0 Å². The molecule has 0 heteroatoms.